The number of fused-ring (bicyclic) bond motifs is 1. The maximum Gasteiger partial charge on any atom is 0.242 e. The summed E-state index contributed by atoms with van der Waals surface area (Å²) in [6.07, 6.45) is 3.46. The van der Waals surface area contributed by atoms with Crippen molar-refractivity contribution in [1.29, 1.82) is 0 Å². The molecule has 0 unspecified atom stereocenters. The van der Waals surface area contributed by atoms with E-state index in [-0.39, 0.29) is 18.7 Å². The Bertz CT molecular complexity index is 763. The molecule has 0 bridgehead atoms. The first-order valence-electron chi connectivity index (χ1n) is 8.69. The summed E-state index contributed by atoms with van der Waals surface area (Å²) in [6, 6.07) is 9.12. The number of hydrogen-bond donors (Lipinski definition) is 1. The Balaban J connectivity index is 1.47. The van der Waals surface area contributed by atoms with Gasteiger partial charge in [0.1, 0.15) is 6.04 Å². The highest BCUT2D eigenvalue weighted by Gasteiger charge is 2.29. The molecule has 4 rings (SSSR count). The molecule has 1 atom stereocenters. The van der Waals surface area contributed by atoms with Gasteiger partial charge in [0, 0.05) is 32.0 Å². The van der Waals surface area contributed by atoms with Gasteiger partial charge in [0.15, 0.2) is 11.5 Å². The standard InChI is InChI=1S/C19H21N3O4/c23-19(21-11-14-3-4-16-17(10-14)26-13-25-16)18(15-2-1-5-20-12-15)22-6-8-24-9-7-22/h1-5,10,12,18H,6-9,11,13H2,(H,21,23)/t18-/m1/s1. The fourth-order valence-electron chi connectivity index (χ4n) is 3.24. The fraction of sp³-hybridized carbons (Fsp3) is 0.368. The van der Waals surface area contributed by atoms with Crippen LogP contribution in [0.2, 0.25) is 0 Å². The van der Waals surface area contributed by atoms with Crippen molar-refractivity contribution in [3.05, 3.63) is 53.9 Å². The van der Waals surface area contributed by atoms with E-state index in [9.17, 15) is 4.79 Å². The molecule has 2 aromatic rings. The van der Waals surface area contributed by atoms with Crippen LogP contribution in [0.5, 0.6) is 11.5 Å². The molecule has 2 aliphatic rings. The molecule has 136 valence electrons. The number of aromatic nitrogens is 1. The number of nitrogens with zero attached hydrogens (tertiary/aromatic N) is 2. The van der Waals surface area contributed by atoms with Crippen LogP contribution in [0.15, 0.2) is 42.7 Å². The van der Waals surface area contributed by atoms with Crippen molar-refractivity contribution in [2.24, 2.45) is 0 Å². The average Bonchev–Trinajstić information content (AvgIpc) is 3.16. The van der Waals surface area contributed by atoms with Crippen LogP contribution in [0.1, 0.15) is 17.2 Å². The molecule has 0 radical (unpaired) electrons. The van der Waals surface area contributed by atoms with E-state index in [1.54, 1.807) is 12.4 Å². The van der Waals surface area contributed by atoms with Gasteiger partial charge in [-0.05, 0) is 29.3 Å². The molecule has 7 heteroatoms. The summed E-state index contributed by atoms with van der Waals surface area (Å²) in [6.45, 7) is 3.37. The summed E-state index contributed by atoms with van der Waals surface area (Å²) in [4.78, 5) is 19.3. The van der Waals surface area contributed by atoms with Gasteiger partial charge in [-0.1, -0.05) is 12.1 Å². The molecule has 26 heavy (non-hydrogen) atoms. The van der Waals surface area contributed by atoms with Crippen LogP contribution in [0, 0.1) is 0 Å². The van der Waals surface area contributed by atoms with Gasteiger partial charge in [0.05, 0.1) is 13.2 Å². The van der Waals surface area contributed by atoms with Crippen LogP contribution in [0.25, 0.3) is 0 Å². The zero-order valence-electron chi connectivity index (χ0n) is 14.4. The molecular weight excluding hydrogens is 334 g/mol. The predicted molar refractivity (Wildman–Crippen MR) is 93.8 cm³/mol. The van der Waals surface area contributed by atoms with Crippen LogP contribution >= 0.6 is 0 Å². The Morgan fingerprint density at radius 3 is 2.85 bits per heavy atom. The van der Waals surface area contributed by atoms with Crippen LogP contribution in [-0.4, -0.2) is 48.9 Å². The summed E-state index contributed by atoms with van der Waals surface area (Å²) in [5, 5.41) is 3.04. The van der Waals surface area contributed by atoms with Gasteiger partial charge < -0.3 is 19.5 Å². The van der Waals surface area contributed by atoms with E-state index in [4.69, 9.17) is 14.2 Å². The third kappa shape index (κ3) is 3.63. The molecule has 1 N–H and O–H groups in total. The van der Waals surface area contributed by atoms with Gasteiger partial charge in [-0.25, -0.2) is 0 Å². The molecule has 1 saturated heterocycles. The minimum atomic E-state index is -0.374. The molecule has 1 aromatic carbocycles. The van der Waals surface area contributed by atoms with Crippen LogP contribution in [0.3, 0.4) is 0 Å². The lowest BCUT2D eigenvalue weighted by molar-refractivity contribution is -0.128. The zero-order valence-corrected chi connectivity index (χ0v) is 14.4. The quantitative estimate of drug-likeness (QED) is 0.876. The first-order chi connectivity index (χ1) is 12.8. The van der Waals surface area contributed by atoms with Crippen molar-refractivity contribution in [2.75, 3.05) is 33.1 Å². The molecule has 7 nitrogen and oxygen atoms in total. The summed E-state index contributed by atoms with van der Waals surface area (Å²) < 4.78 is 16.1. The highest BCUT2D eigenvalue weighted by Crippen LogP contribution is 2.32. The Hall–Kier alpha value is -2.64. The highest BCUT2D eigenvalue weighted by molar-refractivity contribution is 5.83. The van der Waals surface area contributed by atoms with Crippen molar-refractivity contribution >= 4 is 5.91 Å². The van der Waals surface area contributed by atoms with E-state index in [1.165, 1.54) is 0 Å². The fourth-order valence-corrected chi connectivity index (χ4v) is 3.24. The smallest absolute Gasteiger partial charge is 0.242 e. The molecule has 3 heterocycles. The lowest BCUT2D eigenvalue weighted by Crippen LogP contribution is -2.45. The molecule has 0 spiro atoms. The highest BCUT2D eigenvalue weighted by atomic mass is 16.7. The van der Waals surface area contributed by atoms with E-state index in [0.29, 0.717) is 25.5 Å². The lowest BCUT2D eigenvalue weighted by Gasteiger charge is -2.33. The van der Waals surface area contributed by atoms with E-state index in [1.807, 2.05) is 30.3 Å². The predicted octanol–water partition coefficient (Wildman–Crippen LogP) is 1.50. The van der Waals surface area contributed by atoms with Crippen LogP contribution in [-0.2, 0) is 16.1 Å². The zero-order chi connectivity index (χ0) is 17.8. The topological polar surface area (TPSA) is 72.9 Å². The third-order valence-corrected chi connectivity index (χ3v) is 4.56. The number of carbonyl (C=O) groups is 1. The second-order valence-electron chi connectivity index (χ2n) is 6.24. The number of hydrogen-bond acceptors (Lipinski definition) is 6. The summed E-state index contributed by atoms with van der Waals surface area (Å²) >= 11 is 0. The first-order valence-corrected chi connectivity index (χ1v) is 8.69. The van der Waals surface area contributed by atoms with Gasteiger partial charge in [-0.2, -0.15) is 0 Å². The Morgan fingerprint density at radius 2 is 2.04 bits per heavy atom. The van der Waals surface area contributed by atoms with Gasteiger partial charge in [0.2, 0.25) is 12.7 Å². The number of pyridine rings is 1. The van der Waals surface area contributed by atoms with Crippen molar-refractivity contribution in [2.45, 2.75) is 12.6 Å². The van der Waals surface area contributed by atoms with Gasteiger partial charge in [0.25, 0.3) is 0 Å². The Morgan fingerprint density at radius 1 is 1.19 bits per heavy atom. The summed E-state index contributed by atoms with van der Waals surface area (Å²) in [5.74, 6) is 1.41. The Labute approximate surface area is 151 Å². The van der Waals surface area contributed by atoms with Crippen LogP contribution < -0.4 is 14.8 Å². The number of morpholine rings is 1. The van der Waals surface area contributed by atoms with Gasteiger partial charge >= 0.3 is 0 Å². The number of amides is 1. The maximum absolute atomic E-state index is 13.0. The van der Waals surface area contributed by atoms with E-state index in [0.717, 1.165) is 30.0 Å². The number of benzene rings is 1. The monoisotopic (exact) mass is 355 g/mol. The van der Waals surface area contributed by atoms with Gasteiger partial charge in [-0.15, -0.1) is 0 Å². The molecule has 1 fully saturated rings. The van der Waals surface area contributed by atoms with E-state index < -0.39 is 0 Å². The lowest BCUT2D eigenvalue weighted by atomic mass is 10.1. The molecule has 0 aliphatic carbocycles. The number of rotatable bonds is 5. The number of nitrogens with one attached hydrogen (secondary N) is 1. The van der Waals surface area contributed by atoms with E-state index >= 15 is 0 Å². The minimum absolute atomic E-state index is 0.0439. The Kier molecular flexibility index (Phi) is 4.99. The normalized spacial score (nSPS) is 17.7. The van der Waals surface area contributed by atoms with Crippen molar-refractivity contribution in [3.63, 3.8) is 0 Å². The summed E-state index contributed by atoms with van der Waals surface area (Å²) in [7, 11) is 0. The second-order valence-corrected chi connectivity index (χ2v) is 6.24. The van der Waals surface area contributed by atoms with Gasteiger partial charge in [-0.3, -0.25) is 14.7 Å². The first kappa shape index (κ1) is 16.8. The molecule has 0 saturated carbocycles. The van der Waals surface area contributed by atoms with E-state index in [2.05, 4.69) is 15.2 Å². The average molecular weight is 355 g/mol. The molecule has 1 amide bonds. The largest absolute Gasteiger partial charge is 0.454 e. The SMILES string of the molecule is O=C(NCc1ccc2c(c1)OCO2)[C@@H](c1cccnc1)N1CCOCC1. The van der Waals surface area contributed by atoms with Crippen molar-refractivity contribution < 1.29 is 19.0 Å². The molecule has 2 aliphatic heterocycles. The molecular formula is C19H21N3O4. The minimum Gasteiger partial charge on any atom is -0.454 e. The molecule has 1 aromatic heterocycles. The second kappa shape index (κ2) is 7.72. The number of carbonyl (C=O) groups excluding carboxylic acids is 1. The van der Waals surface area contributed by atoms with Crippen molar-refractivity contribution in [1.82, 2.24) is 15.2 Å². The van der Waals surface area contributed by atoms with Crippen LogP contribution in [0.4, 0.5) is 0 Å². The maximum atomic E-state index is 13.0. The number of ether oxygens (including phenoxy) is 3. The van der Waals surface area contributed by atoms with Crippen molar-refractivity contribution in [3.8, 4) is 11.5 Å². The summed E-state index contributed by atoms with van der Waals surface area (Å²) in [5.41, 5.74) is 1.85. The third-order valence-electron chi connectivity index (χ3n) is 4.56.